The molecule has 1 unspecified atom stereocenters. The molecule has 2 fully saturated rings. The number of benzene rings is 1. The summed E-state index contributed by atoms with van der Waals surface area (Å²) in [4.78, 5) is 2.43. The van der Waals surface area contributed by atoms with Gasteiger partial charge in [0.1, 0.15) is 0 Å². The minimum absolute atomic E-state index is 0.374. The van der Waals surface area contributed by atoms with Gasteiger partial charge in [-0.25, -0.2) is 0 Å². The maximum absolute atomic E-state index is 5.51. The number of ether oxygens (including phenoxy) is 1. The Morgan fingerprint density at radius 3 is 2.90 bits per heavy atom. The number of nitrogens with zero attached hydrogens (tertiary/aromatic N) is 1. The molecular weight excluding hydrogens is 316 g/mol. The van der Waals surface area contributed by atoms with E-state index in [1.165, 1.54) is 41.4 Å². The Hall–Kier alpha value is -0.580. The summed E-state index contributed by atoms with van der Waals surface area (Å²) in [6, 6.07) is 7.49. The third kappa shape index (κ3) is 3.54. The normalized spacial score (nSPS) is 23.1. The molecule has 1 saturated carbocycles. The van der Waals surface area contributed by atoms with Crippen molar-refractivity contribution in [3.8, 4) is 0 Å². The first-order valence-electron chi connectivity index (χ1n) is 7.56. The molecule has 110 valence electrons. The molecule has 4 heteroatoms. The molecule has 0 aromatic heterocycles. The van der Waals surface area contributed by atoms with Crippen LogP contribution in [0.5, 0.6) is 0 Å². The summed E-state index contributed by atoms with van der Waals surface area (Å²) >= 11 is 3.72. The van der Waals surface area contributed by atoms with Gasteiger partial charge >= 0.3 is 0 Å². The van der Waals surface area contributed by atoms with Gasteiger partial charge in [0, 0.05) is 42.9 Å². The van der Waals surface area contributed by atoms with Crippen LogP contribution in [0.1, 0.15) is 31.2 Å². The van der Waals surface area contributed by atoms with Crippen LogP contribution < -0.4 is 10.2 Å². The molecule has 1 saturated heterocycles. The highest BCUT2D eigenvalue weighted by atomic mass is 79.9. The van der Waals surface area contributed by atoms with Gasteiger partial charge in [-0.3, -0.25) is 0 Å². The first-order chi connectivity index (χ1) is 9.76. The lowest BCUT2D eigenvalue weighted by Crippen LogP contribution is -2.39. The molecule has 1 heterocycles. The molecular formula is C16H23BrN2O. The van der Waals surface area contributed by atoms with Gasteiger partial charge in [0.05, 0.1) is 6.10 Å². The van der Waals surface area contributed by atoms with Crippen molar-refractivity contribution in [2.45, 2.75) is 44.4 Å². The molecule has 1 atom stereocenters. The van der Waals surface area contributed by atoms with Crippen molar-refractivity contribution < 1.29 is 4.74 Å². The van der Waals surface area contributed by atoms with Crippen LogP contribution in [-0.2, 0) is 11.3 Å². The second-order valence-electron chi connectivity index (χ2n) is 5.88. The fourth-order valence-corrected chi connectivity index (χ4v) is 3.29. The van der Waals surface area contributed by atoms with E-state index in [2.05, 4.69) is 44.3 Å². The Bertz CT molecular complexity index is 462. The van der Waals surface area contributed by atoms with E-state index in [-0.39, 0.29) is 0 Å². The number of rotatable bonds is 5. The minimum Gasteiger partial charge on any atom is -0.380 e. The molecule has 3 nitrogen and oxygen atoms in total. The highest BCUT2D eigenvalue weighted by Gasteiger charge is 2.22. The Morgan fingerprint density at radius 2 is 2.20 bits per heavy atom. The largest absolute Gasteiger partial charge is 0.380 e. The Morgan fingerprint density at radius 1 is 1.35 bits per heavy atom. The zero-order chi connectivity index (χ0) is 13.9. The molecule has 0 bridgehead atoms. The summed E-state index contributed by atoms with van der Waals surface area (Å²) in [5.41, 5.74) is 2.65. The average molecular weight is 339 g/mol. The predicted octanol–water partition coefficient (Wildman–Crippen LogP) is 3.32. The summed E-state index contributed by atoms with van der Waals surface area (Å²) < 4.78 is 6.72. The summed E-state index contributed by atoms with van der Waals surface area (Å²) in [7, 11) is 1.82. The van der Waals surface area contributed by atoms with E-state index < -0.39 is 0 Å². The van der Waals surface area contributed by atoms with E-state index in [9.17, 15) is 0 Å². The maximum atomic E-state index is 5.51. The van der Waals surface area contributed by atoms with Crippen molar-refractivity contribution in [1.82, 2.24) is 5.32 Å². The number of hydrogen-bond donors (Lipinski definition) is 1. The van der Waals surface area contributed by atoms with E-state index in [4.69, 9.17) is 4.74 Å². The van der Waals surface area contributed by atoms with Crippen molar-refractivity contribution in [3.63, 3.8) is 0 Å². The van der Waals surface area contributed by atoms with Crippen LogP contribution in [0.15, 0.2) is 22.7 Å². The summed E-state index contributed by atoms with van der Waals surface area (Å²) in [5, 5.41) is 3.57. The number of piperidine rings is 1. The predicted molar refractivity (Wildman–Crippen MR) is 86.2 cm³/mol. The molecule has 0 radical (unpaired) electrons. The van der Waals surface area contributed by atoms with Gasteiger partial charge in [-0.05, 0) is 43.4 Å². The zero-order valence-electron chi connectivity index (χ0n) is 12.1. The molecule has 20 heavy (non-hydrogen) atoms. The van der Waals surface area contributed by atoms with Crippen LogP contribution >= 0.6 is 15.9 Å². The van der Waals surface area contributed by atoms with Gasteiger partial charge in [0.2, 0.25) is 0 Å². The Balaban J connectivity index is 1.65. The van der Waals surface area contributed by atoms with E-state index in [1.807, 2.05) is 7.11 Å². The van der Waals surface area contributed by atoms with Crippen LogP contribution in [0.4, 0.5) is 5.69 Å². The van der Waals surface area contributed by atoms with Crippen molar-refractivity contribution in [1.29, 1.82) is 0 Å². The monoisotopic (exact) mass is 338 g/mol. The van der Waals surface area contributed by atoms with E-state index in [0.29, 0.717) is 6.10 Å². The van der Waals surface area contributed by atoms with Gasteiger partial charge in [-0.2, -0.15) is 0 Å². The number of anilines is 1. The average Bonchev–Trinajstić information content (AvgIpc) is 3.30. The second-order valence-corrected chi connectivity index (χ2v) is 6.73. The number of methoxy groups -OCH3 is 1. The lowest BCUT2D eigenvalue weighted by atomic mass is 10.1. The van der Waals surface area contributed by atoms with Gasteiger partial charge < -0.3 is 15.0 Å². The van der Waals surface area contributed by atoms with Gasteiger partial charge in [0.25, 0.3) is 0 Å². The van der Waals surface area contributed by atoms with Crippen molar-refractivity contribution in [2.24, 2.45) is 0 Å². The van der Waals surface area contributed by atoms with Gasteiger partial charge in [-0.1, -0.05) is 22.0 Å². The number of halogens is 1. The lowest BCUT2D eigenvalue weighted by Gasteiger charge is -2.33. The topological polar surface area (TPSA) is 24.5 Å². The minimum atomic E-state index is 0.374. The second kappa shape index (κ2) is 6.46. The molecule has 1 N–H and O–H groups in total. The fourth-order valence-electron chi connectivity index (χ4n) is 2.78. The molecule has 0 amide bonds. The molecule has 0 spiro atoms. The van der Waals surface area contributed by atoms with E-state index in [1.54, 1.807) is 0 Å². The molecule has 1 aliphatic heterocycles. The molecule has 3 rings (SSSR count). The van der Waals surface area contributed by atoms with Crippen molar-refractivity contribution >= 4 is 21.6 Å². The quantitative estimate of drug-likeness (QED) is 0.891. The van der Waals surface area contributed by atoms with Crippen LogP contribution in [0.3, 0.4) is 0 Å². The Kier molecular flexibility index (Phi) is 4.64. The van der Waals surface area contributed by atoms with Crippen LogP contribution in [0.2, 0.25) is 0 Å². The summed E-state index contributed by atoms with van der Waals surface area (Å²) in [6.45, 7) is 3.10. The van der Waals surface area contributed by atoms with Gasteiger partial charge in [-0.15, -0.1) is 0 Å². The highest BCUT2D eigenvalue weighted by molar-refractivity contribution is 9.10. The molecule has 2 aliphatic rings. The maximum Gasteiger partial charge on any atom is 0.0746 e. The van der Waals surface area contributed by atoms with Crippen molar-refractivity contribution in [3.05, 3.63) is 28.2 Å². The lowest BCUT2D eigenvalue weighted by molar-refractivity contribution is 0.0893. The third-order valence-electron chi connectivity index (χ3n) is 4.27. The van der Waals surface area contributed by atoms with Crippen molar-refractivity contribution in [2.75, 3.05) is 25.1 Å². The highest BCUT2D eigenvalue weighted by Crippen LogP contribution is 2.28. The molecule has 1 aromatic carbocycles. The SMILES string of the molecule is COC1CCCN(c2ccc(CNC3CC3)c(Br)c2)C1. The molecule has 1 aromatic rings. The van der Waals surface area contributed by atoms with Crippen LogP contribution in [0.25, 0.3) is 0 Å². The summed E-state index contributed by atoms with van der Waals surface area (Å²) in [5.74, 6) is 0. The smallest absolute Gasteiger partial charge is 0.0746 e. The first-order valence-corrected chi connectivity index (χ1v) is 8.35. The number of nitrogens with one attached hydrogen (secondary N) is 1. The first kappa shape index (κ1) is 14.4. The number of hydrogen-bond acceptors (Lipinski definition) is 3. The fraction of sp³-hybridized carbons (Fsp3) is 0.625. The third-order valence-corrected chi connectivity index (χ3v) is 5.01. The van der Waals surface area contributed by atoms with Crippen LogP contribution in [-0.4, -0.2) is 32.3 Å². The standard InChI is InChI=1S/C16H23BrN2O/c1-20-15-3-2-8-19(11-15)14-7-4-12(16(17)9-14)10-18-13-5-6-13/h4,7,9,13,15,18H,2-3,5-6,8,10-11H2,1H3. The molecule has 1 aliphatic carbocycles. The summed E-state index contributed by atoms with van der Waals surface area (Å²) in [6.07, 6.45) is 5.43. The Labute approximate surface area is 129 Å². The van der Waals surface area contributed by atoms with E-state index in [0.717, 1.165) is 25.7 Å². The van der Waals surface area contributed by atoms with Crippen LogP contribution in [0, 0.1) is 0 Å². The zero-order valence-corrected chi connectivity index (χ0v) is 13.7. The van der Waals surface area contributed by atoms with Gasteiger partial charge in [0.15, 0.2) is 0 Å². The van der Waals surface area contributed by atoms with E-state index >= 15 is 0 Å².